The first kappa shape index (κ1) is 70.8. The predicted octanol–water partition coefficient (Wildman–Crippen LogP) is 21.2. The van der Waals surface area contributed by atoms with Gasteiger partial charge in [0, 0.05) is 19.3 Å². The van der Waals surface area contributed by atoms with Gasteiger partial charge in [-0.25, -0.2) is 0 Å². The Labute approximate surface area is 462 Å². The third-order valence-corrected chi connectivity index (χ3v) is 13.0. The molecule has 0 bridgehead atoms. The number of carbonyl (C=O) groups is 3. The number of carbonyl (C=O) groups excluding carboxylic acids is 3. The molecule has 6 nitrogen and oxygen atoms in total. The topological polar surface area (TPSA) is 78.9 Å². The summed E-state index contributed by atoms with van der Waals surface area (Å²) >= 11 is 0. The number of hydrogen-bond acceptors (Lipinski definition) is 6. The molecule has 75 heavy (non-hydrogen) atoms. The lowest BCUT2D eigenvalue weighted by atomic mass is 10.1. The molecular formula is C69H114O6. The van der Waals surface area contributed by atoms with E-state index in [1.54, 1.807) is 0 Å². The fourth-order valence-electron chi connectivity index (χ4n) is 8.31. The molecule has 0 aromatic rings. The maximum Gasteiger partial charge on any atom is 0.306 e. The second-order valence-corrected chi connectivity index (χ2v) is 20.2. The minimum absolute atomic E-state index is 0.0902. The normalized spacial score (nSPS) is 12.9. The Kier molecular flexibility index (Phi) is 58.9. The Bertz CT molecular complexity index is 1570. The zero-order chi connectivity index (χ0) is 54.3. The van der Waals surface area contributed by atoms with E-state index in [1.807, 2.05) is 0 Å². The molecule has 0 saturated carbocycles. The van der Waals surface area contributed by atoms with E-state index in [1.165, 1.54) is 116 Å². The van der Waals surface area contributed by atoms with Crippen molar-refractivity contribution in [3.05, 3.63) is 122 Å². The van der Waals surface area contributed by atoms with E-state index >= 15 is 0 Å². The van der Waals surface area contributed by atoms with Crippen molar-refractivity contribution in [2.75, 3.05) is 13.2 Å². The maximum atomic E-state index is 12.8. The number of hydrogen-bond donors (Lipinski definition) is 0. The molecule has 0 aromatic carbocycles. The molecule has 0 N–H and O–H groups in total. The molecule has 6 heteroatoms. The van der Waals surface area contributed by atoms with Gasteiger partial charge < -0.3 is 14.2 Å². The van der Waals surface area contributed by atoms with Crippen LogP contribution >= 0.6 is 0 Å². The number of allylic oxidation sites excluding steroid dienone is 20. The molecule has 0 fully saturated rings. The van der Waals surface area contributed by atoms with Crippen LogP contribution < -0.4 is 0 Å². The Morgan fingerprint density at radius 1 is 0.280 bits per heavy atom. The van der Waals surface area contributed by atoms with Crippen LogP contribution in [0.15, 0.2) is 122 Å². The van der Waals surface area contributed by atoms with Crippen molar-refractivity contribution in [1.29, 1.82) is 0 Å². The van der Waals surface area contributed by atoms with Gasteiger partial charge in [0.1, 0.15) is 13.2 Å². The number of esters is 3. The van der Waals surface area contributed by atoms with Crippen molar-refractivity contribution in [3.63, 3.8) is 0 Å². The van der Waals surface area contributed by atoms with Crippen LogP contribution in [-0.2, 0) is 28.6 Å². The van der Waals surface area contributed by atoms with Crippen molar-refractivity contribution in [3.8, 4) is 0 Å². The Morgan fingerprint density at radius 2 is 0.520 bits per heavy atom. The minimum atomic E-state index is -0.793. The van der Waals surface area contributed by atoms with Crippen LogP contribution in [0.5, 0.6) is 0 Å². The van der Waals surface area contributed by atoms with Gasteiger partial charge in [-0.2, -0.15) is 0 Å². The molecule has 0 aliphatic rings. The summed E-state index contributed by atoms with van der Waals surface area (Å²) in [5.74, 6) is -0.932. The zero-order valence-electron chi connectivity index (χ0n) is 48.8. The standard InChI is InChI=1S/C69H114O6/c1-4-7-10-13-16-18-20-22-24-26-28-29-30-31-32-33-34-35-36-37-38-39-41-42-44-46-48-50-53-56-59-62-68(71)74-65-66(64-73-67(70)61-58-55-52-15-12-9-6-3)75-69(72)63-60-57-54-51-49-47-45-43-40-27-25-23-21-19-17-14-11-8-5-2/h7,10,16,18,22-25,28-29,31-32,34-35,37-38,41-42,46,48,66H,4-6,8-9,11-15,17,19-21,26-27,30,33,36,39-40,43-45,47,49-65H2,1-3H3/b10-7-,18-16-,24-22-,25-23-,29-28-,32-31-,35-34-,38-37-,42-41-,48-46-. The first-order valence-electron chi connectivity index (χ1n) is 31.0. The van der Waals surface area contributed by atoms with Crippen molar-refractivity contribution in [2.45, 2.75) is 284 Å². The number of unbranched alkanes of at least 4 members (excludes halogenated alkanes) is 24. The van der Waals surface area contributed by atoms with Crippen LogP contribution in [0.1, 0.15) is 278 Å². The van der Waals surface area contributed by atoms with Gasteiger partial charge in [0.25, 0.3) is 0 Å². The summed E-state index contributed by atoms with van der Waals surface area (Å²) in [4.78, 5) is 38.0. The molecule has 1 unspecified atom stereocenters. The second-order valence-electron chi connectivity index (χ2n) is 20.2. The minimum Gasteiger partial charge on any atom is -0.462 e. The van der Waals surface area contributed by atoms with E-state index in [0.29, 0.717) is 19.3 Å². The van der Waals surface area contributed by atoms with Crippen LogP contribution in [0.3, 0.4) is 0 Å². The first-order chi connectivity index (χ1) is 37.0. The van der Waals surface area contributed by atoms with Crippen LogP contribution in [-0.4, -0.2) is 37.2 Å². The van der Waals surface area contributed by atoms with Gasteiger partial charge in [-0.15, -0.1) is 0 Å². The average Bonchev–Trinajstić information content (AvgIpc) is 3.41. The van der Waals surface area contributed by atoms with E-state index < -0.39 is 6.10 Å². The van der Waals surface area contributed by atoms with Crippen LogP contribution in [0, 0.1) is 0 Å². The van der Waals surface area contributed by atoms with Gasteiger partial charge in [0.15, 0.2) is 6.10 Å². The summed E-state index contributed by atoms with van der Waals surface area (Å²) in [6.45, 7) is 6.46. The molecule has 0 aliphatic carbocycles. The highest BCUT2D eigenvalue weighted by Crippen LogP contribution is 2.15. The van der Waals surface area contributed by atoms with Gasteiger partial charge in [-0.3, -0.25) is 14.4 Å². The summed E-state index contributed by atoms with van der Waals surface area (Å²) in [5, 5.41) is 0. The van der Waals surface area contributed by atoms with Crippen molar-refractivity contribution in [2.24, 2.45) is 0 Å². The smallest absolute Gasteiger partial charge is 0.306 e. The molecule has 0 rings (SSSR count). The Morgan fingerprint density at radius 3 is 0.840 bits per heavy atom. The highest BCUT2D eigenvalue weighted by molar-refractivity contribution is 5.71. The van der Waals surface area contributed by atoms with Crippen LogP contribution in [0.25, 0.3) is 0 Å². The average molecular weight is 1040 g/mol. The summed E-state index contributed by atoms with van der Waals surface area (Å²) < 4.78 is 16.8. The van der Waals surface area contributed by atoms with Gasteiger partial charge in [0.2, 0.25) is 0 Å². The molecule has 0 radical (unpaired) electrons. The van der Waals surface area contributed by atoms with Gasteiger partial charge >= 0.3 is 17.9 Å². The number of rotatable bonds is 55. The van der Waals surface area contributed by atoms with Gasteiger partial charge in [-0.1, -0.05) is 264 Å². The molecular weight excluding hydrogens is 925 g/mol. The lowest BCUT2D eigenvalue weighted by Gasteiger charge is -2.18. The highest BCUT2D eigenvalue weighted by atomic mass is 16.6. The third kappa shape index (κ3) is 60.6. The molecule has 426 valence electrons. The summed E-state index contributed by atoms with van der Waals surface area (Å²) in [5.41, 5.74) is 0. The van der Waals surface area contributed by atoms with E-state index in [2.05, 4.69) is 142 Å². The van der Waals surface area contributed by atoms with Gasteiger partial charge in [0.05, 0.1) is 0 Å². The molecule has 0 saturated heterocycles. The van der Waals surface area contributed by atoms with Gasteiger partial charge in [-0.05, 0) is 116 Å². The quantitative estimate of drug-likeness (QED) is 0.0261. The first-order valence-corrected chi connectivity index (χ1v) is 31.0. The lowest BCUT2D eigenvalue weighted by molar-refractivity contribution is -0.167. The fourth-order valence-corrected chi connectivity index (χ4v) is 8.31. The fraction of sp³-hybridized carbons (Fsp3) is 0.667. The molecule has 0 amide bonds. The van der Waals surface area contributed by atoms with E-state index in [4.69, 9.17) is 14.2 Å². The Balaban J connectivity index is 4.25. The van der Waals surface area contributed by atoms with Crippen molar-refractivity contribution >= 4 is 17.9 Å². The SMILES string of the molecule is CC/C=C\C/C=C\C/C=C\C/C=C\C/C=C\C/C=C\C/C=C\C/C=C\C/C=C\CCCCCC(=O)OCC(COC(=O)CCCCCCCCC)OC(=O)CCCCCCCCCCC/C=C\CCCCCCCC. The number of ether oxygens (including phenoxy) is 3. The van der Waals surface area contributed by atoms with Crippen LogP contribution in [0.4, 0.5) is 0 Å². The Hall–Kier alpha value is -4.19. The summed E-state index contributed by atoms with van der Waals surface area (Å²) in [6.07, 6.45) is 86.5. The molecule has 0 spiro atoms. The summed E-state index contributed by atoms with van der Waals surface area (Å²) in [7, 11) is 0. The van der Waals surface area contributed by atoms with E-state index in [0.717, 1.165) is 122 Å². The van der Waals surface area contributed by atoms with Crippen molar-refractivity contribution < 1.29 is 28.6 Å². The predicted molar refractivity (Wildman–Crippen MR) is 325 cm³/mol. The highest BCUT2D eigenvalue weighted by Gasteiger charge is 2.19. The lowest BCUT2D eigenvalue weighted by Crippen LogP contribution is -2.30. The molecule has 0 aromatic heterocycles. The summed E-state index contributed by atoms with van der Waals surface area (Å²) in [6, 6.07) is 0. The van der Waals surface area contributed by atoms with E-state index in [-0.39, 0.29) is 31.1 Å². The second kappa shape index (κ2) is 62.4. The van der Waals surface area contributed by atoms with Crippen LogP contribution in [0.2, 0.25) is 0 Å². The largest absolute Gasteiger partial charge is 0.462 e. The zero-order valence-corrected chi connectivity index (χ0v) is 48.8. The maximum absolute atomic E-state index is 12.8. The van der Waals surface area contributed by atoms with Crippen molar-refractivity contribution in [1.82, 2.24) is 0 Å². The van der Waals surface area contributed by atoms with E-state index in [9.17, 15) is 14.4 Å². The third-order valence-electron chi connectivity index (χ3n) is 13.0. The molecule has 0 heterocycles. The molecule has 0 aliphatic heterocycles. The monoisotopic (exact) mass is 1040 g/mol. The molecule has 1 atom stereocenters.